The molecular formula is C16H22N2O3. The highest BCUT2D eigenvalue weighted by molar-refractivity contribution is 5.75. The van der Waals surface area contributed by atoms with Gasteiger partial charge in [-0.1, -0.05) is 18.2 Å². The predicted molar refractivity (Wildman–Crippen MR) is 79.2 cm³/mol. The molecular weight excluding hydrogens is 268 g/mol. The van der Waals surface area contributed by atoms with Gasteiger partial charge in [-0.25, -0.2) is 4.79 Å². The number of benzene rings is 1. The first-order chi connectivity index (χ1) is 10.2. The molecule has 2 aliphatic rings. The molecule has 3 rings (SSSR count). The molecule has 0 saturated heterocycles. The van der Waals surface area contributed by atoms with Gasteiger partial charge in [0.25, 0.3) is 0 Å². The zero-order valence-corrected chi connectivity index (χ0v) is 12.0. The maximum Gasteiger partial charge on any atom is 0.315 e. The summed E-state index contributed by atoms with van der Waals surface area (Å²) in [5.41, 5.74) is 1.04. The third-order valence-corrected chi connectivity index (χ3v) is 4.30. The summed E-state index contributed by atoms with van der Waals surface area (Å²) >= 11 is 0. The summed E-state index contributed by atoms with van der Waals surface area (Å²) in [7, 11) is 0. The molecule has 1 heterocycles. The topological polar surface area (TPSA) is 70.6 Å². The van der Waals surface area contributed by atoms with Crippen molar-refractivity contribution in [1.29, 1.82) is 0 Å². The molecule has 0 aromatic heterocycles. The Morgan fingerprint density at radius 3 is 2.67 bits per heavy atom. The van der Waals surface area contributed by atoms with Crippen molar-refractivity contribution < 1.29 is 14.6 Å². The Balaban J connectivity index is 1.56. The van der Waals surface area contributed by atoms with Crippen LogP contribution in [0, 0.1) is 0 Å². The van der Waals surface area contributed by atoms with E-state index in [1.807, 2.05) is 24.3 Å². The molecule has 1 aliphatic heterocycles. The predicted octanol–water partition coefficient (Wildman–Crippen LogP) is 2.11. The molecule has 1 atom stereocenters. The summed E-state index contributed by atoms with van der Waals surface area (Å²) in [6, 6.07) is 7.88. The Bertz CT molecular complexity index is 498. The SMILES string of the molecule is O=C(NC1CCC(O)CC1)NC1CCOc2ccccc21. The largest absolute Gasteiger partial charge is 0.493 e. The number of carbonyl (C=O) groups excluding carboxylic acids is 1. The normalized spacial score (nSPS) is 28.1. The lowest BCUT2D eigenvalue weighted by Gasteiger charge is -2.29. The van der Waals surface area contributed by atoms with Gasteiger partial charge >= 0.3 is 6.03 Å². The van der Waals surface area contributed by atoms with Gasteiger partial charge in [0, 0.05) is 18.0 Å². The summed E-state index contributed by atoms with van der Waals surface area (Å²) < 4.78 is 5.60. The van der Waals surface area contributed by atoms with Gasteiger partial charge in [0.05, 0.1) is 18.8 Å². The van der Waals surface area contributed by atoms with E-state index in [0.29, 0.717) is 6.61 Å². The molecule has 0 bridgehead atoms. The fourth-order valence-corrected chi connectivity index (χ4v) is 3.10. The van der Waals surface area contributed by atoms with E-state index in [9.17, 15) is 9.90 Å². The van der Waals surface area contributed by atoms with Crippen molar-refractivity contribution in [3.63, 3.8) is 0 Å². The molecule has 5 nitrogen and oxygen atoms in total. The van der Waals surface area contributed by atoms with Gasteiger partial charge in [0.1, 0.15) is 5.75 Å². The van der Waals surface area contributed by atoms with E-state index in [-0.39, 0.29) is 24.2 Å². The molecule has 5 heteroatoms. The molecule has 1 aliphatic carbocycles. The summed E-state index contributed by atoms with van der Waals surface area (Å²) in [6.45, 7) is 0.623. The summed E-state index contributed by atoms with van der Waals surface area (Å²) in [5.74, 6) is 0.856. The third kappa shape index (κ3) is 3.47. The van der Waals surface area contributed by atoms with Crippen molar-refractivity contribution in [2.24, 2.45) is 0 Å². The van der Waals surface area contributed by atoms with E-state index < -0.39 is 0 Å². The number of fused-ring (bicyclic) bond motifs is 1. The van der Waals surface area contributed by atoms with Gasteiger partial charge < -0.3 is 20.5 Å². The van der Waals surface area contributed by atoms with Gasteiger partial charge in [-0.15, -0.1) is 0 Å². The van der Waals surface area contributed by atoms with Crippen molar-refractivity contribution in [1.82, 2.24) is 10.6 Å². The highest BCUT2D eigenvalue weighted by Crippen LogP contribution is 2.31. The van der Waals surface area contributed by atoms with Crippen molar-refractivity contribution in [2.45, 2.75) is 50.3 Å². The number of aliphatic hydroxyl groups is 1. The van der Waals surface area contributed by atoms with E-state index in [1.54, 1.807) is 0 Å². The van der Waals surface area contributed by atoms with Crippen molar-refractivity contribution in [3.8, 4) is 5.75 Å². The second-order valence-electron chi connectivity index (χ2n) is 5.85. The smallest absolute Gasteiger partial charge is 0.315 e. The first-order valence-corrected chi connectivity index (χ1v) is 7.69. The maximum atomic E-state index is 12.1. The number of ether oxygens (including phenoxy) is 1. The Kier molecular flexibility index (Phi) is 4.29. The number of hydrogen-bond acceptors (Lipinski definition) is 3. The molecule has 3 N–H and O–H groups in total. The monoisotopic (exact) mass is 290 g/mol. The number of hydrogen-bond donors (Lipinski definition) is 3. The average molecular weight is 290 g/mol. The highest BCUT2D eigenvalue weighted by atomic mass is 16.5. The molecule has 1 fully saturated rings. The lowest BCUT2D eigenvalue weighted by atomic mass is 9.93. The van der Waals surface area contributed by atoms with Crippen LogP contribution >= 0.6 is 0 Å². The number of amides is 2. The average Bonchev–Trinajstić information content (AvgIpc) is 2.50. The van der Waals surface area contributed by atoms with Crippen LogP contribution in [-0.2, 0) is 0 Å². The molecule has 1 aromatic rings. The van der Waals surface area contributed by atoms with Crippen LogP contribution in [0.5, 0.6) is 5.75 Å². The fourth-order valence-electron chi connectivity index (χ4n) is 3.10. The lowest BCUT2D eigenvalue weighted by molar-refractivity contribution is 0.117. The zero-order valence-electron chi connectivity index (χ0n) is 12.0. The number of urea groups is 1. The van der Waals surface area contributed by atoms with E-state index >= 15 is 0 Å². The van der Waals surface area contributed by atoms with Crippen molar-refractivity contribution in [3.05, 3.63) is 29.8 Å². The zero-order chi connectivity index (χ0) is 14.7. The van der Waals surface area contributed by atoms with Crippen LogP contribution in [0.15, 0.2) is 24.3 Å². The van der Waals surface area contributed by atoms with E-state index in [2.05, 4.69) is 10.6 Å². The molecule has 1 unspecified atom stereocenters. The van der Waals surface area contributed by atoms with E-state index in [0.717, 1.165) is 43.4 Å². The van der Waals surface area contributed by atoms with Crippen LogP contribution in [0.2, 0.25) is 0 Å². The minimum absolute atomic E-state index is 0.00382. The first kappa shape index (κ1) is 14.2. The van der Waals surface area contributed by atoms with Crippen LogP contribution in [0.3, 0.4) is 0 Å². The minimum Gasteiger partial charge on any atom is -0.493 e. The third-order valence-electron chi connectivity index (χ3n) is 4.30. The van der Waals surface area contributed by atoms with Gasteiger partial charge in [-0.3, -0.25) is 0 Å². The van der Waals surface area contributed by atoms with Crippen LogP contribution in [-0.4, -0.2) is 29.9 Å². The lowest BCUT2D eigenvalue weighted by Crippen LogP contribution is -2.45. The number of aliphatic hydroxyl groups excluding tert-OH is 1. The summed E-state index contributed by atoms with van der Waals surface area (Å²) in [4.78, 5) is 12.1. The number of nitrogens with one attached hydrogen (secondary N) is 2. The summed E-state index contributed by atoms with van der Waals surface area (Å²) in [6.07, 6.45) is 3.82. The molecule has 1 aromatic carbocycles. The van der Waals surface area contributed by atoms with Crippen LogP contribution in [0.4, 0.5) is 4.79 Å². The van der Waals surface area contributed by atoms with Gasteiger partial charge in [-0.05, 0) is 31.7 Å². The molecule has 1 saturated carbocycles. The van der Waals surface area contributed by atoms with Crippen LogP contribution < -0.4 is 15.4 Å². The second kappa shape index (κ2) is 6.35. The second-order valence-corrected chi connectivity index (χ2v) is 5.85. The number of para-hydroxylation sites is 1. The Labute approximate surface area is 124 Å². The van der Waals surface area contributed by atoms with E-state index in [1.165, 1.54) is 0 Å². The minimum atomic E-state index is -0.200. The van der Waals surface area contributed by atoms with Gasteiger partial charge in [0.15, 0.2) is 0 Å². The number of carbonyl (C=O) groups is 1. The first-order valence-electron chi connectivity index (χ1n) is 7.69. The molecule has 114 valence electrons. The van der Waals surface area contributed by atoms with Crippen LogP contribution in [0.1, 0.15) is 43.7 Å². The Morgan fingerprint density at radius 2 is 1.86 bits per heavy atom. The molecule has 0 radical (unpaired) electrons. The maximum absolute atomic E-state index is 12.1. The van der Waals surface area contributed by atoms with E-state index in [4.69, 9.17) is 4.74 Å². The van der Waals surface area contributed by atoms with Crippen molar-refractivity contribution in [2.75, 3.05) is 6.61 Å². The summed E-state index contributed by atoms with van der Waals surface area (Å²) in [5, 5.41) is 15.5. The van der Waals surface area contributed by atoms with Gasteiger partial charge in [0.2, 0.25) is 0 Å². The van der Waals surface area contributed by atoms with Crippen LogP contribution in [0.25, 0.3) is 0 Å². The quantitative estimate of drug-likeness (QED) is 0.781. The highest BCUT2D eigenvalue weighted by Gasteiger charge is 2.25. The standard InChI is InChI=1S/C16H22N2O3/c19-12-7-5-11(6-8-12)17-16(20)18-14-9-10-21-15-4-2-1-3-13(14)15/h1-4,11-12,14,19H,5-10H2,(H2,17,18,20). The number of rotatable bonds is 2. The van der Waals surface area contributed by atoms with Crippen molar-refractivity contribution >= 4 is 6.03 Å². The molecule has 0 spiro atoms. The molecule has 2 amide bonds. The van der Waals surface area contributed by atoms with Gasteiger partial charge in [-0.2, -0.15) is 0 Å². The Hall–Kier alpha value is -1.75. The Morgan fingerprint density at radius 1 is 1.10 bits per heavy atom. The fraction of sp³-hybridized carbons (Fsp3) is 0.562. The molecule has 21 heavy (non-hydrogen) atoms.